The van der Waals surface area contributed by atoms with E-state index in [1.165, 1.54) is 4.88 Å². The molecule has 2 aromatic heterocycles. The number of aromatic nitrogens is 1. The van der Waals surface area contributed by atoms with Crippen molar-refractivity contribution in [1.82, 2.24) is 9.99 Å². The first-order valence-corrected chi connectivity index (χ1v) is 11.0. The maximum atomic E-state index is 12.2. The summed E-state index contributed by atoms with van der Waals surface area (Å²) in [5, 5.41) is 11.7. The largest absolute Gasteiger partial charge is 0.478 e. The molecule has 1 aliphatic carbocycles. The molecule has 0 amide bonds. The van der Waals surface area contributed by atoms with Gasteiger partial charge in [0, 0.05) is 28.6 Å². The molecule has 0 saturated carbocycles. The van der Waals surface area contributed by atoms with E-state index in [-0.39, 0.29) is 5.41 Å². The molecule has 4 rings (SSSR count). The maximum absolute atomic E-state index is 12.2. The molecule has 0 fully saturated rings. The molecule has 1 aliphatic rings. The van der Waals surface area contributed by atoms with Gasteiger partial charge in [-0.05, 0) is 53.5 Å². The van der Waals surface area contributed by atoms with Gasteiger partial charge in [-0.2, -0.15) is 0 Å². The van der Waals surface area contributed by atoms with Crippen LogP contribution in [-0.4, -0.2) is 28.1 Å². The maximum Gasteiger partial charge on any atom is 0.337 e. The molecule has 2 heterocycles. The molecule has 3 N–H and O–H groups in total. The van der Waals surface area contributed by atoms with Crippen molar-refractivity contribution < 1.29 is 9.90 Å². The molecule has 6 heteroatoms. The number of pyridine rings is 1. The first kappa shape index (κ1) is 20.7. The number of carboxylic acid groups (broad SMARTS) is 1. The summed E-state index contributed by atoms with van der Waals surface area (Å²) in [4.78, 5) is 18.8. The Hall–Kier alpha value is -2.54. The average molecular weight is 422 g/mol. The minimum absolute atomic E-state index is 0.135. The lowest BCUT2D eigenvalue weighted by molar-refractivity contribution is 0.0696. The van der Waals surface area contributed by atoms with Gasteiger partial charge in [0.05, 0.1) is 17.8 Å². The summed E-state index contributed by atoms with van der Waals surface area (Å²) in [6, 6.07) is 12.1. The summed E-state index contributed by atoms with van der Waals surface area (Å²) in [5.74, 6) is 5.02. The van der Waals surface area contributed by atoms with Gasteiger partial charge in [-0.3, -0.25) is 10.8 Å². The van der Waals surface area contributed by atoms with Crippen LogP contribution in [-0.2, 0) is 19.4 Å². The smallest absolute Gasteiger partial charge is 0.337 e. The third kappa shape index (κ3) is 4.03. The molecule has 156 valence electrons. The Morgan fingerprint density at radius 2 is 2.03 bits per heavy atom. The first-order chi connectivity index (χ1) is 14.2. The summed E-state index contributed by atoms with van der Waals surface area (Å²) in [7, 11) is 1.81. The Balaban J connectivity index is 1.82. The standard InChI is InChI=1S/C24H27N3O2S/c1-24(2)10-9-20-18(13-24)21(23(28)29)22(30-20)16-7-4-6-15(12-16)17-8-5-11-26-19(17)14-27(3)25/h4-8,11-12H,9-10,13-14,25H2,1-3H3,(H,28,29). The lowest BCUT2D eigenvalue weighted by atomic mass is 9.76. The van der Waals surface area contributed by atoms with E-state index in [2.05, 4.69) is 24.9 Å². The number of nitrogens with two attached hydrogens (primary N) is 1. The summed E-state index contributed by atoms with van der Waals surface area (Å²) >= 11 is 1.64. The minimum atomic E-state index is -0.836. The van der Waals surface area contributed by atoms with Crippen LogP contribution in [0, 0.1) is 5.41 Å². The summed E-state index contributed by atoms with van der Waals surface area (Å²) in [6.07, 6.45) is 4.62. The second-order valence-corrected chi connectivity index (χ2v) is 9.95. The number of benzene rings is 1. The molecular formula is C24H27N3O2S. The second kappa shape index (κ2) is 7.95. The zero-order valence-corrected chi connectivity index (χ0v) is 18.4. The van der Waals surface area contributed by atoms with Crippen molar-refractivity contribution in [2.75, 3.05) is 7.05 Å². The lowest BCUT2D eigenvalue weighted by Crippen LogP contribution is -2.25. The SMILES string of the molecule is CN(N)Cc1ncccc1-c1cccc(-c2sc3c(c2C(=O)O)CC(C)(C)CC3)c1. The van der Waals surface area contributed by atoms with Crippen LogP contribution in [0.15, 0.2) is 42.6 Å². The van der Waals surface area contributed by atoms with Crippen LogP contribution < -0.4 is 5.84 Å². The van der Waals surface area contributed by atoms with Gasteiger partial charge in [-0.15, -0.1) is 11.3 Å². The molecule has 5 nitrogen and oxygen atoms in total. The number of hydrazine groups is 1. The van der Waals surface area contributed by atoms with Crippen molar-refractivity contribution in [1.29, 1.82) is 0 Å². The topological polar surface area (TPSA) is 79.5 Å². The predicted molar refractivity (Wildman–Crippen MR) is 121 cm³/mol. The van der Waals surface area contributed by atoms with Crippen LogP contribution in [0.4, 0.5) is 0 Å². The number of fused-ring (bicyclic) bond motifs is 1. The number of hydrogen-bond acceptors (Lipinski definition) is 5. The molecule has 30 heavy (non-hydrogen) atoms. The second-order valence-electron chi connectivity index (χ2n) is 8.85. The first-order valence-electron chi connectivity index (χ1n) is 10.1. The van der Waals surface area contributed by atoms with E-state index in [9.17, 15) is 9.90 Å². The van der Waals surface area contributed by atoms with Gasteiger partial charge in [0.15, 0.2) is 0 Å². The monoisotopic (exact) mass is 421 g/mol. The van der Waals surface area contributed by atoms with Crippen LogP contribution >= 0.6 is 11.3 Å². The Labute approximate surface area is 181 Å². The van der Waals surface area contributed by atoms with Gasteiger partial charge < -0.3 is 5.11 Å². The highest BCUT2D eigenvalue weighted by Gasteiger charge is 2.33. The molecule has 0 atom stereocenters. The van der Waals surface area contributed by atoms with Gasteiger partial charge in [0.25, 0.3) is 0 Å². The number of carbonyl (C=O) groups is 1. The van der Waals surface area contributed by atoms with Gasteiger partial charge in [0.2, 0.25) is 0 Å². The van der Waals surface area contributed by atoms with Crippen molar-refractivity contribution in [3.63, 3.8) is 0 Å². The van der Waals surface area contributed by atoms with Gasteiger partial charge in [-0.1, -0.05) is 38.1 Å². The Bertz CT molecular complexity index is 1100. The Morgan fingerprint density at radius 1 is 1.27 bits per heavy atom. The normalized spacial score (nSPS) is 15.2. The average Bonchev–Trinajstić information content (AvgIpc) is 3.06. The molecule has 1 aromatic carbocycles. The van der Waals surface area contributed by atoms with E-state index >= 15 is 0 Å². The van der Waals surface area contributed by atoms with Crippen LogP contribution in [0.1, 0.15) is 46.8 Å². The number of thiophene rings is 1. The quantitative estimate of drug-likeness (QED) is 0.448. The fraction of sp³-hybridized carbons (Fsp3) is 0.333. The van der Waals surface area contributed by atoms with Gasteiger partial charge in [0.1, 0.15) is 0 Å². The minimum Gasteiger partial charge on any atom is -0.478 e. The van der Waals surface area contributed by atoms with E-state index in [1.54, 1.807) is 22.5 Å². The number of aryl methyl sites for hydroxylation is 1. The van der Waals surface area contributed by atoms with Gasteiger partial charge >= 0.3 is 5.97 Å². The van der Waals surface area contributed by atoms with Crippen LogP contribution in [0.3, 0.4) is 0 Å². The van der Waals surface area contributed by atoms with Crippen molar-refractivity contribution in [3.05, 3.63) is 64.3 Å². The van der Waals surface area contributed by atoms with E-state index in [1.807, 2.05) is 37.4 Å². The molecule has 3 aromatic rings. The lowest BCUT2D eigenvalue weighted by Gasteiger charge is -2.29. The Morgan fingerprint density at radius 3 is 2.77 bits per heavy atom. The highest BCUT2D eigenvalue weighted by molar-refractivity contribution is 7.16. The van der Waals surface area contributed by atoms with Crippen molar-refractivity contribution in [3.8, 4) is 21.6 Å². The summed E-state index contributed by atoms with van der Waals surface area (Å²) < 4.78 is 0. The van der Waals surface area contributed by atoms with Crippen LogP contribution in [0.5, 0.6) is 0 Å². The fourth-order valence-corrected chi connectivity index (χ4v) is 5.55. The third-order valence-corrected chi connectivity index (χ3v) is 7.05. The van der Waals surface area contributed by atoms with E-state index in [4.69, 9.17) is 5.84 Å². The van der Waals surface area contributed by atoms with Gasteiger partial charge in [-0.25, -0.2) is 9.80 Å². The highest BCUT2D eigenvalue weighted by Crippen LogP contribution is 2.45. The number of aromatic carboxylic acids is 1. The van der Waals surface area contributed by atoms with Crippen molar-refractivity contribution >= 4 is 17.3 Å². The van der Waals surface area contributed by atoms with E-state index < -0.39 is 5.97 Å². The zero-order valence-electron chi connectivity index (χ0n) is 17.6. The number of rotatable bonds is 5. The van der Waals surface area contributed by atoms with Crippen LogP contribution in [0.25, 0.3) is 21.6 Å². The van der Waals surface area contributed by atoms with Crippen LogP contribution in [0.2, 0.25) is 0 Å². The molecule has 0 spiro atoms. The molecule has 0 aliphatic heterocycles. The number of hydrogen-bond donors (Lipinski definition) is 2. The van der Waals surface area contributed by atoms with Crippen molar-refractivity contribution in [2.24, 2.45) is 11.3 Å². The Kier molecular flexibility index (Phi) is 5.49. The summed E-state index contributed by atoms with van der Waals surface area (Å²) in [5.41, 5.74) is 5.50. The fourth-order valence-electron chi connectivity index (χ4n) is 4.24. The van der Waals surface area contributed by atoms with Crippen molar-refractivity contribution in [2.45, 2.75) is 39.7 Å². The number of carboxylic acids is 1. The molecule has 0 unspecified atom stereocenters. The zero-order chi connectivity index (χ0) is 21.5. The molecular weight excluding hydrogens is 394 g/mol. The highest BCUT2D eigenvalue weighted by atomic mass is 32.1. The van der Waals surface area contributed by atoms with E-state index in [0.717, 1.165) is 52.1 Å². The molecule has 0 bridgehead atoms. The summed E-state index contributed by atoms with van der Waals surface area (Å²) in [6.45, 7) is 4.97. The number of nitrogens with zero attached hydrogens (tertiary/aromatic N) is 2. The molecule has 0 saturated heterocycles. The predicted octanol–water partition coefficient (Wildman–Crippen LogP) is 5.00. The molecule has 0 radical (unpaired) electrons. The van der Waals surface area contributed by atoms with E-state index in [0.29, 0.717) is 12.1 Å². The third-order valence-electron chi connectivity index (χ3n) is 5.71.